The maximum atomic E-state index is 12.2. The second-order valence-electron chi connectivity index (χ2n) is 5.85. The van der Waals surface area contributed by atoms with Crippen LogP contribution in [-0.4, -0.2) is 22.8 Å². The van der Waals surface area contributed by atoms with Gasteiger partial charge in [-0.15, -0.1) is 0 Å². The quantitative estimate of drug-likeness (QED) is 0.710. The van der Waals surface area contributed by atoms with Crippen LogP contribution in [-0.2, 0) is 17.9 Å². The van der Waals surface area contributed by atoms with Crippen LogP contribution in [0.25, 0.3) is 11.3 Å². The molecule has 3 aromatic rings. The van der Waals surface area contributed by atoms with E-state index in [1.807, 2.05) is 36.4 Å². The summed E-state index contributed by atoms with van der Waals surface area (Å²) in [4.78, 5) is 24.2. The number of benzene rings is 2. The van der Waals surface area contributed by atoms with Crippen molar-refractivity contribution in [2.24, 2.45) is 0 Å². The van der Waals surface area contributed by atoms with E-state index in [9.17, 15) is 9.59 Å². The zero-order valence-corrected chi connectivity index (χ0v) is 15.4. The Hall–Kier alpha value is -3.12. The number of amides is 1. The van der Waals surface area contributed by atoms with Gasteiger partial charge in [0.1, 0.15) is 12.3 Å². The average Bonchev–Trinajstić information content (AvgIpc) is 2.69. The van der Waals surface area contributed by atoms with Gasteiger partial charge < -0.3 is 10.1 Å². The van der Waals surface area contributed by atoms with Crippen molar-refractivity contribution in [1.82, 2.24) is 15.1 Å². The maximum absolute atomic E-state index is 12.2. The van der Waals surface area contributed by atoms with Crippen LogP contribution in [0.15, 0.2) is 65.5 Å². The molecular formula is C20H18ClN3O3. The van der Waals surface area contributed by atoms with Crippen LogP contribution < -0.4 is 15.6 Å². The third-order valence-electron chi connectivity index (χ3n) is 3.95. The first-order valence-electron chi connectivity index (χ1n) is 8.29. The Bertz CT molecular complexity index is 983. The van der Waals surface area contributed by atoms with Gasteiger partial charge in [0.25, 0.3) is 5.56 Å². The van der Waals surface area contributed by atoms with Crippen LogP contribution >= 0.6 is 11.6 Å². The molecular weight excluding hydrogens is 366 g/mol. The van der Waals surface area contributed by atoms with Gasteiger partial charge in [-0.25, -0.2) is 4.68 Å². The summed E-state index contributed by atoms with van der Waals surface area (Å²) in [6.07, 6.45) is 0. The Morgan fingerprint density at radius 3 is 2.44 bits per heavy atom. The first kappa shape index (κ1) is 18.7. The molecule has 0 aliphatic heterocycles. The zero-order valence-electron chi connectivity index (χ0n) is 14.7. The Kier molecular flexibility index (Phi) is 5.88. The monoisotopic (exact) mass is 383 g/mol. The number of hydrogen-bond donors (Lipinski definition) is 1. The van der Waals surface area contributed by atoms with E-state index in [1.165, 1.54) is 6.07 Å². The number of methoxy groups -OCH3 is 1. The van der Waals surface area contributed by atoms with Gasteiger partial charge >= 0.3 is 0 Å². The highest BCUT2D eigenvalue weighted by atomic mass is 35.5. The van der Waals surface area contributed by atoms with Crippen molar-refractivity contribution in [2.75, 3.05) is 7.11 Å². The lowest BCUT2D eigenvalue weighted by atomic mass is 10.1. The molecule has 7 heteroatoms. The van der Waals surface area contributed by atoms with Crippen LogP contribution in [0.2, 0.25) is 5.02 Å². The lowest BCUT2D eigenvalue weighted by Gasteiger charge is -2.09. The van der Waals surface area contributed by atoms with E-state index >= 15 is 0 Å². The van der Waals surface area contributed by atoms with Crippen molar-refractivity contribution < 1.29 is 9.53 Å². The third kappa shape index (κ3) is 4.95. The number of carbonyl (C=O) groups is 1. The minimum atomic E-state index is -0.339. The highest BCUT2D eigenvalue weighted by Crippen LogP contribution is 2.19. The van der Waals surface area contributed by atoms with Crippen molar-refractivity contribution in [3.63, 3.8) is 0 Å². The molecule has 0 aliphatic carbocycles. The summed E-state index contributed by atoms with van der Waals surface area (Å²) in [5.74, 6) is 0.431. The minimum absolute atomic E-state index is 0.156. The molecule has 1 aromatic heterocycles. The van der Waals surface area contributed by atoms with E-state index in [1.54, 1.807) is 25.3 Å². The number of aromatic nitrogens is 2. The molecule has 2 aromatic carbocycles. The summed E-state index contributed by atoms with van der Waals surface area (Å²) >= 11 is 5.84. The summed E-state index contributed by atoms with van der Waals surface area (Å²) in [6.45, 7) is 0.194. The molecule has 0 atom stereocenters. The van der Waals surface area contributed by atoms with Crippen molar-refractivity contribution in [1.29, 1.82) is 0 Å². The summed E-state index contributed by atoms with van der Waals surface area (Å²) in [5.41, 5.74) is 2.00. The van der Waals surface area contributed by atoms with Gasteiger partial charge in [-0.1, -0.05) is 23.7 Å². The van der Waals surface area contributed by atoms with E-state index in [0.717, 1.165) is 21.6 Å². The van der Waals surface area contributed by atoms with Crippen LogP contribution in [0, 0.1) is 0 Å². The summed E-state index contributed by atoms with van der Waals surface area (Å²) < 4.78 is 6.28. The SMILES string of the molecule is COc1ccc(-c2ccc(=O)n(CC(=O)NCc3ccc(Cl)cc3)n2)cc1. The number of nitrogens with one attached hydrogen (secondary N) is 1. The number of rotatable bonds is 6. The zero-order chi connectivity index (χ0) is 19.2. The van der Waals surface area contributed by atoms with Gasteiger partial charge in [0, 0.05) is 23.2 Å². The maximum Gasteiger partial charge on any atom is 0.267 e. The largest absolute Gasteiger partial charge is 0.497 e. The number of ether oxygens (including phenoxy) is 1. The molecule has 0 unspecified atom stereocenters. The number of halogens is 1. The van der Waals surface area contributed by atoms with Crippen molar-refractivity contribution in [2.45, 2.75) is 13.1 Å². The molecule has 3 rings (SSSR count). The van der Waals surface area contributed by atoms with Gasteiger partial charge in [-0.3, -0.25) is 9.59 Å². The van der Waals surface area contributed by atoms with E-state index in [4.69, 9.17) is 16.3 Å². The molecule has 6 nitrogen and oxygen atoms in total. The molecule has 0 radical (unpaired) electrons. The number of carbonyl (C=O) groups excluding carboxylic acids is 1. The van der Waals surface area contributed by atoms with E-state index in [-0.39, 0.29) is 18.0 Å². The highest BCUT2D eigenvalue weighted by molar-refractivity contribution is 6.30. The molecule has 1 amide bonds. The minimum Gasteiger partial charge on any atom is -0.497 e. The topological polar surface area (TPSA) is 73.2 Å². The fourth-order valence-electron chi connectivity index (χ4n) is 2.47. The number of hydrogen-bond acceptors (Lipinski definition) is 4. The normalized spacial score (nSPS) is 10.4. The lowest BCUT2D eigenvalue weighted by molar-refractivity contribution is -0.122. The lowest BCUT2D eigenvalue weighted by Crippen LogP contribution is -2.33. The van der Waals surface area contributed by atoms with Gasteiger partial charge in [0.2, 0.25) is 5.91 Å². The Balaban J connectivity index is 1.69. The number of nitrogens with zero attached hydrogens (tertiary/aromatic N) is 2. The van der Waals surface area contributed by atoms with Gasteiger partial charge in [-0.05, 0) is 48.0 Å². The Labute approximate surface area is 161 Å². The molecule has 0 saturated carbocycles. The standard InChI is InChI=1S/C20H18ClN3O3/c1-27-17-8-4-15(5-9-17)18-10-11-20(26)24(23-18)13-19(25)22-12-14-2-6-16(21)7-3-14/h2-11H,12-13H2,1H3,(H,22,25). The Morgan fingerprint density at radius 2 is 1.78 bits per heavy atom. The third-order valence-corrected chi connectivity index (χ3v) is 4.20. The highest BCUT2D eigenvalue weighted by Gasteiger charge is 2.08. The molecule has 0 bridgehead atoms. The smallest absolute Gasteiger partial charge is 0.267 e. The summed E-state index contributed by atoms with van der Waals surface area (Å²) in [6, 6.07) is 17.5. The van der Waals surface area contributed by atoms with Crippen LogP contribution in [0.1, 0.15) is 5.56 Å². The molecule has 0 spiro atoms. The van der Waals surface area contributed by atoms with E-state index < -0.39 is 0 Å². The van der Waals surface area contributed by atoms with Crippen molar-refractivity contribution in [3.8, 4) is 17.0 Å². The molecule has 27 heavy (non-hydrogen) atoms. The first-order valence-corrected chi connectivity index (χ1v) is 8.67. The van der Waals surface area contributed by atoms with E-state index in [0.29, 0.717) is 17.3 Å². The fourth-order valence-corrected chi connectivity index (χ4v) is 2.60. The molecule has 1 N–H and O–H groups in total. The Morgan fingerprint density at radius 1 is 1.07 bits per heavy atom. The molecule has 0 saturated heterocycles. The van der Waals surface area contributed by atoms with Crippen LogP contribution in [0.5, 0.6) is 5.75 Å². The summed E-state index contributed by atoms with van der Waals surface area (Å²) in [5, 5.41) is 7.70. The summed E-state index contributed by atoms with van der Waals surface area (Å²) in [7, 11) is 1.59. The second kappa shape index (κ2) is 8.51. The van der Waals surface area contributed by atoms with Crippen molar-refractivity contribution >= 4 is 17.5 Å². The van der Waals surface area contributed by atoms with Gasteiger partial charge in [0.15, 0.2) is 0 Å². The van der Waals surface area contributed by atoms with E-state index in [2.05, 4.69) is 10.4 Å². The first-order chi connectivity index (χ1) is 13.0. The molecule has 1 heterocycles. The van der Waals surface area contributed by atoms with Crippen LogP contribution in [0.3, 0.4) is 0 Å². The molecule has 0 fully saturated rings. The van der Waals surface area contributed by atoms with Crippen molar-refractivity contribution in [3.05, 3.63) is 81.6 Å². The predicted octanol–water partition coefficient (Wildman–Crippen LogP) is 2.89. The fraction of sp³-hybridized carbons (Fsp3) is 0.150. The average molecular weight is 384 g/mol. The second-order valence-corrected chi connectivity index (χ2v) is 6.28. The molecule has 0 aliphatic rings. The van der Waals surface area contributed by atoms with Gasteiger partial charge in [0.05, 0.1) is 12.8 Å². The molecule has 138 valence electrons. The predicted molar refractivity (Wildman–Crippen MR) is 104 cm³/mol. The van der Waals surface area contributed by atoms with Gasteiger partial charge in [-0.2, -0.15) is 5.10 Å². The van der Waals surface area contributed by atoms with Crippen LogP contribution in [0.4, 0.5) is 0 Å².